The zero-order chi connectivity index (χ0) is 11.5. The van der Waals surface area contributed by atoms with Gasteiger partial charge in [-0.3, -0.25) is 4.90 Å². The molecule has 90 valence electrons. The summed E-state index contributed by atoms with van der Waals surface area (Å²) in [6.45, 7) is 7.91. The summed E-state index contributed by atoms with van der Waals surface area (Å²) < 4.78 is 0. The van der Waals surface area contributed by atoms with E-state index in [-0.39, 0.29) is 0 Å². The molecule has 0 bridgehead atoms. The molecule has 3 heteroatoms. The predicted octanol–water partition coefficient (Wildman–Crippen LogP) is 2.62. The highest BCUT2D eigenvalue weighted by Gasteiger charge is 2.22. The van der Waals surface area contributed by atoms with Crippen molar-refractivity contribution in [1.29, 1.82) is 0 Å². The Bertz CT molecular complexity index is 324. The van der Waals surface area contributed by atoms with Gasteiger partial charge in [-0.15, -0.1) is 11.3 Å². The maximum atomic E-state index is 5.96. The molecule has 0 aliphatic carbocycles. The van der Waals surface area contributed by atoms with Crippen LogP contribution in [-0.4, -0.2) is 24.0 Å². The first-order valence-corrected chi connectivity index (χ1v) is 7.05. The minimum atomic E-state index is 0.366. The first kappa shape index (κ1) is 12.1. The van der Waals surface area contributed by atoms with E-state index in [1.54, 1.807) is 0 Å². The van der Waals surface area contributed by atoms with Gasteiger partial charge in [0.25, 0.3) is 0 Å². The lowest BCUT2D eigenvalue weighted by molar-refractivity contribution is 0.166. The zero-order valence-electron chi connectivity index (χ0n) is 10.3. The van der Waals surface area contributed by atoms with Gasteiger partial charge in [0.05, 0.1) is 0 Å². The Morgan fingerprint density at radius 1 is 1.50 bits per heavy atom. The highest BCUT2D eigenvalue weighted by Crippen LogP contribution is 2.23. The predicted molar refractivity (Wildman–Crippen MR) is 70.7 cm³/mol. The van der Waals surface area contributed by atoms with Crippen molar-refractivity contribution in [3.63, 3.8) is 0 Å². The lowest BCUT2D eigenvalue weighted by atomic mass is 9.91. The second-order valence-corrected chi connectivity index (χ2v) is 6.00. The molecule has 2 N–H and O–H groups in total. The second kappa shape index (κ2) is 5.30. The third kappa shape index (κ3) is 2.84. The number of hydrogen-bond acceptors (Lipinski definition) is 3. The molecule has 1 aliphatic heterocycles. The number of piperidine rings is 1. The van der Waals surface area contributed by atoms with Crippen LogP contribution in [0.5, 0.6) is 0 Å². The summed E-state index contributed by atoms with van der Waals surface area (Å²) in [5, 5.41) is 2.19. The van der Waals surface area contributed by atoms with Crippen molar-refractivity contribution in [1.82, 2.24) is 4.90 Å². The van der Waals surface area contributed by atoms with Gasteiger partial charge < -0.3 is 5.73 Å². The van der Waals surface area contributed by atoms with Gasteiger partial charge in [0.2, 0.25) is 0 Å². The van der Waals surface area contributed by atoms with Gasteiger partial charge in [0, 0.05) is 17.5 Å². The molecule has 2 heterocycles. The smallest absolute Gasteiger partial charge is 0.0330 e. The molecule has 1 atom stereocenters. The molecule has 0 radical (unpaired) electrons. The van der Waals surface area contributed by atoms with E-state index < -0.39 is 0 Å². The van der Waals surface area contributed by atoms with Crippen molar-refractivity contribution in [3.8, 4) is 0 Å². The zero-order valence-corrected chi connectivity index (χ0v) is 11.1. The number of thiophene rings is 1. The van der Waals surface area contributed by atoms with Crippen LogP contribution in [0.3, 0.4) is 0 Å². The molecule has 2 nitrogen and oxygen atoms in total. The molecule has 2 rings (SSSR count). The first-order valence-electron chi connectivity index (χ1n) is 6.17. The van der Waals surface area contributed by atoms with E-state index in [4.69, 9.17) is 5.73 Å². The Morgan fingerprint density at radius 3 is 2.69 bits per heavy atom. The van der Waals surface area contributed by atoms with Gasteiger partial charge in [0.1, 0.15) is 0 Å². The van der Waals surface area contributed by atoms with Gasteiger partial charge in [-0.2, -0.15) is 0 Å². The van der Waals surface area contributed by atoms with Crippen molar-refractivity contribution in [2.45, 2.75) is 39.3 Å². The van der Waals surface area contributed by atoms with Crippen molar-refractivity contribution < 1.29 is 0 Å². The Morgan fingerprint density at radius 2 is 2.19 bits per heavy atom. The molecule has 16 heavy (non-hydrogen) atoms. The molecular weight excluding hydrogens is 216 g/mol. The van der Waals surface area contributed by atoms with Gasteiger partial charge in [0.15, 0.2) is 0 Å². The van der Waals surface area contributed by atoms with Crippen LogP contribution < -0.4 is 5.73 Å². The Kier molecular flexibility index (Phi) is 4.00. The van der Waals surface area contributed by atoms with Gasteiger partial charge >= 0.3 is 0 Å². The fraction of sp³-hybridized carbons (Fsp3) is 0.692. The quantitative estimate of drug-likeness (QED) is 0.877. The molecule has 0 spiro atoms. The Labute approximate surface area is 102 Å². The molecule has 0 aromatic carbocycles. The van der Waals surface area contributed by atoms with Gasteiger partial charge in [-0.25, -0.2) is 0 Å². The molecule has 1 unspecified atom stereocenters. The number of rotatable bonds is 3. The number of nitrogens with zero attached hydrogens (tertiary/aromatic N) is 1. The van der Waals surface area contributed by atoms with Crippen LogP contribution >= 0.6 is 11.3 Å². The summed E-state index contributed by atoms with van der Waals surface area (Å²) in [6.07, 6.45) is 2.53. The largest absolute Gasteiger partial charge is 0.328 e. The van der Waals surface area contributed by atoms with E-state index in [1.165, 1.54) is 36.4 Å². The average molecular weight is 238 g/mol. The SMILES string of the molecule is Cc1ccsc1CN1CCC(C(C)N)CC1. The molecule has 1 aromatic heterocycles. The lowest BCUT2D eigenvalue weighted by Gasteiger charge is -2.33. The van der Waals surface area contributed by atoms with E-state index in [2.05, 4.69) is 30.2 Å². The summed E-state index contributed by atoms with van der Waals surface area (Å²) >= 11 is 1.88. The monoisotopic (exact) mass is 238 g/mol. The summed E-state index contributed by atoms with van der Waals surface area (Å²) in [6, 6.07) is 2.58. The fourth-order valence-corrected chi connectivity index (χ4v) is 3.35. The number of likely N-dealkylation sites (tertiary alicyclic amines) is 1. The molecule has 1 saturated heterocycles. The van der Waals surface area contributed by atoms with Crippen LogP contribution in [0.15, 0.2) is 11.4 Å². The Balaban J connectivity index is 1.84. The topological polar surface area (TPSA) is 29.3 Å². The summed E-state index contributed by atoms with van der Waals surface area (Å²) in [5.74, 6) is 0.737. The molecular formula is C13H22N2S. The number of nitrogens with two attached hydrogens (primary N) is 1. The third-order valence-electron chi connectivity index (χ3n) is 3.71. The van der Waals surface area contributed by atoms with Gasteiger partial charge in [-0.05, 0) is 62.7 Å². The molecule has 0 saturated carbocycles. The van der Waals surface area contributed by atoms with Crippen LogP contribution in [0.25, 0.3) is 0 Å². The Hall–Kier alpha value is -0.380. The highest BCUT2D eigenvalue weighted by molar-refractivity contribution is 7.10. The maximum absolute atomic E-state index is 5.96. The molecule has 1 fully saturated rings. The maximum Gasteiger partial charge on any atom is 0.0330 e. The molecule has 0 amide bonds. The van der Waals surface area contributed by atoms with Crippen molar-refractivity contribution in [2.75, 3.05) is 13.1 Å². The van der Waals surface area contributed by atoms with Crippen LogP contribution in [-0.2, 0) is 6.54 Å². The minimum Gasteiger partial charge on any atom is -0.328 e. The van der Waals surface area contributed by atoms with E-state index in [0.29, 0.717) is 6.04 Å². The van der Waals surface area contributed by atoms with Crippen LogP contribution in [0, 0.1) is 12.8 Å². The van der Waals surface area contributed by atoms with E-state index in [0.717, 1.165) is 12.5 Å². The first-order chi connectivity index (χ1) is 7.66. The molecule has 1 aromatic rings. The normalized spacial score (nSPS) is 21.2. The fourth-order valence-electron chi connectivity index (χ4n) is 2.41. The van der Waals surface area contributed by atoms with Crippen LogP contribution in [0.2, 0.25) is 0 Å². The molecule has 1 aliphatic rings. The van der Waals surface area contributed by atoms with E-state index >= 15 is 0 Å². The van der Waals surface area contributed by atoms with Crippen LogP contribution in [0.1, 0.15) is 30.2 Å². The summed E-state index contributed by atoms with van der Waals surface area (Å²) in [7, 11) is 0. The second-order valence-electron chi connectivity index (χ2n) is 5.00. The third-order valence-corrected chi connectivity index (χ3v) is 4.72. The van der Waals surface area contributed by atoms with E-state index in [9.17, 15) is 0 Å². The van der Waals surface area contributed by atoms with Crippen molar-refractivity contribution >= 4 is 11.3 Å². The van der Waals surface area contributed by atoms with Crippen molar-refractivity contribution in [3.05, 3.63) is 21.9 Å². The van der Waals surface area contributed by atoms with Crippen molar-refractivity contribution in [2.24, 2.45) is 11.7 Å². The average Bonchev–Trinajstić information content (AvgIpc) is 2.65. The van der Waals surface area contributed by atoms with Gasteiger partial charge in [-0.1, -0.05) is 0 Å². The highest BCUT2D eigenvalue weighted by atomic mass is 32.1. The van der Waals surface area contributed by atoms with Crippen LogP contribution in [0.4, 0.5) is 0 Å². The number of hydrogen-bond donors (Lipinski definition) is 1. The summed E-state index contributed by atoms with van der Waals surface area (Å²) in [4.78, 5) is 4.09. The summed E-state index contributed by atoms with van der Waals surface area (Å²) in [5.41, 5.74) is 7.40. The number of aryl methyl sites for hydroxylation is 1. The standard InChI is InChI=1S/C13H22N2S/c1-10-5-8-16-13(10)9-15-6-3-12(4-7-15)11(2)14/h5,8,11-12H,3-4,6-7,9,14H2,1-2H3. The lowest BCUT2D eigenvalue weighted by Crippen LogP contribution is -2.39. The minimum absolute atomic E-state index is 0.366. The van der Waals surface area contributed by atoms with E-state index in [1.807, 2.05) is 11.3 Å².